The fraction of sp³-hybridized carbons (Fsp3) is 0.200. The van der Waals surface area contributed by atoms with E-state index in [1.165, 1.54) is 22.2 Å². The Morgan fingerprint density at radius 1 is 0.963 bits per heavy atom. The molecule has 0 aliphatic carbocycles. The summed E-state index contributed by atoms with van der Waals surface area (Å²) < 4.78 is 2.00. The molecule has 1 aromatic heterocycles. The molecule has 3 aromatic rings. The van der Waals surface area contributed by atoms with Gasteiger partial charge >= 0.3 is 0 Å². The number of benzene rings is 2. The molecule has 1 aliphatic rings. The van der Waals surface area contributed by atoms with Crippen molar-refractivity contribution in [1.82, 2.24) is 19.7 Å². The highest BCUT2D eigenvalue weighted by Gasteiger charge is 2.34. The molecule has 1 aliphatic heterocycles. The summed E-state index contributed by atoms with van der Waals surface area (Å²) in [6.07, 6.45) is 1.71. The normalized spacial score (nSPS) is 14.5. The molecule has 2 aromatic carbocycles. The minimum Gasteiger partial charge on any atom is -0.301 e. The van der Waals surface area contributed by atoms with Gasteiger partial charge in [-0.1, -0.05) is 54.2 Å². The van der Waals surface area contributed by atoms with Crippen molar-refractivity contribution in [1.29, 1.82) is 0 Å². The first-order valence-electron chi connectivity index (χ1n) is 8.69. The highest BCUT2D eigenvalue weighted by atomic mass is 32.2. The lowest BCUT2D eigenvalue weighted by Crippen LogP contribution is -2.31. The SMILES string of the molecule is C[C@@H](c1ccccc1)n1cnnc1SCCN1C(=O)c2ccccc2C1=O. The van der Waals surface area contributed by atoms with E-state index in [1.54, 1.807) is 30.6 Å². The maximum Gasteiger partial charge on any atom is 0.261 e. The Bertz CT molecular complexity index is 951. The summed E-state index contributed by atoms with van der Waals surface area (Å²) in [7, 11) is 0. The number of amides is 2. The van der Waals surface area contributed by atoms with Gasteiger partial charge in [0.15, 0.2) is 5.16 Å². The van der Waals surface area contributed by atoms with Crippen molar-refractivity contribution in [2.75, 3.05) is 12.3 Å². The molecule has 0 saturated heterocycles. The molecular formula is C20H18N4O2S. The van der Waals surface area contributed by atoms with Gasteiger partial charge in [-0.2, -0.15) is 0 Å². The predicted octanol–water partition coefficient (Wildman–Crippen LogP) is 3.28. The smallest absolute Gasteiger partial charge is 0.261 e. The third-order valence-electron chi connectivity index (χ3n) is 4.66. The average molecular weight is 378 g/mol. The van der Waals surface area contributed by atoms with Crippen LogP contribution in [0.2, 0.25) is 0 Å². The van der Waals surface area contributed by atoms with Gasteiger partial charge in [0.2, 0.25) is 0 Å². The Kier molecular flexibility index (Phi) is 4.77. The van der Waals surface area contributed by atoms with E-state index in [-0.39, 0.29) is 17.9 Å². The lowest BCUT2D eigenvalue weighted by atomic mass is 10.1. The standard InChI is InChI=1S/C20H18N4O2S/c1-14(15-7-3-2-4-8-15)24-13-21-22-20(24)27-12-11-23-18(25)16-9-5-6-10-17(16)19(23)26/h2-10,13-14H,11-12H2,1H3/t14-/m0/s1. The lowest BCUT2D eigenvalue weighted by molar-refractivity contribution is 0.0664. The molecule has 0 radical (unpaired) electrons. The topological polar surface area (TPSA) is 68.1 Å². The summed E-state index contributed by atoms with van der Waals surface area (Å²) in [6.45, 7) is 2.43. The first-order chi connectivity index (χ1) is 13.2. The number of carbonyl (C=O) groups is 2. The van der Waals surface area contributed by atoms with E-state index in [0.717, 1.165) is 5.16 Å². The maximum absolute atomic E-state index is 12.4. The van der Waals surface area contributed by atoms with Crippen molar-refractivity contribution in [3.8, 4) is 0 Å². The van der Waals surface area contributed by atoms with Crippen molar-refractivity contribution in [3.63, 3.8) is 0 Å². The van der Waals surface area contributed by atoms with Gasteiger partial charge in [0.05, 0.1) is 17.2 Å². The molecule has 136 valence electrons. The summed E-state index contributed by atoms with van der Waals surface area (Å²) in [5.41, 5.74) is 2.13. The molecular weight excluding hydrogens is 360 g/mol. The van der Waals surface area contributed by atoms with E-state index >= 15 is 0 Å². The molecule has 0 spiro atoms. The van der Waals surface area contributed by atoms with E-state index in [0.29, 0.717) is 23.4 Å². The van der Waals surface area contributed by atoms with Gasteiger partial charge in [-0.3, -0.25) is 14.5 Å². The largest absolute Gasteiger partial charge is 0.301 e. The van der Waals surface area contributed by atoms with Crippen LogP contribution in [-0.4, -0.2) is 43.8 Å². The van der Waals surface area contributed by atoms with Crippen LogP contribution in [-0.2, 0) is 0 Å². The molecule has 27 heavy (non-hydrogen) atoms. The molecule has 0 saturated carbocycles. The van der Waals surface area contributed by atoms with Gasteiger partial charge in [-0.15, -0.1) is 10.2 Å². The van der Waals surface area contributed by atoms with Crippen LogP contribution >= 0.6 is 11.8 Å². The zero-order chi connectivity index (χ0) is 18.8. The third-order valence-corrected chi connectivity index (χ3v) is 5.60. The molecule has 2 heterocycles. The van der Waals surface area contributed by atoms with Crippen molar-refractivity contribution in [2.24, 2.45) is 0 Å². The quantitative estimate of drug-likeness (QED) is 0.486. The molecule has 0 bridgehead atoms. The minimum atomic E-state index is -0.227. The van der Waals surface area contributed by atoms with Crippen LogP contribution in [0.15, 0.2) is 66.1 Å². The monoisotopic (exact) mass is 378 g/mol. The minimum absolute atomic E-state index is 0.100. The van der Waals surface area contributed by atoms with Crippen LogP contribution in [0.4, 0.5) is 0 Å². The second kappa shape index (κ2) is 7.36. The van der Waals surface area contributed by atoms with E-state index in [9.17, 15) is 9.59 Å². The van der Waals surface area contributed by atoms with E-state index < -0.39 is 0 Å². The van der Waals surface area contributed by atoms with Crippen LogP contribution in [0, 0.1) is 0 Å². The Balaban J connectivity index is 1.42. The number of hydrogen-bond acceptors (Lipinski definition) is 5. The number of rotatable bonds is 6. The zero-order valence-corrected chi connectivity index (χ0v) is 15.6. The van der Waals surface area contributed by atoms with Crippen molar-refractivity contribution in [3.05, 3.63) is 77.6 Å². The number of thioether (sulfide) groups is 1. The molecule has 7 heteroatoms. The predicted molar refractivity (Wildman–Crippen MR) is 103 cm³/mol. The van der Waals surface area contributed by atoms with Crippen molar-refractivity contribution >= 4 is 23.6 Å². The number of aromatic nitrogens is 3. The lowest BCUT2D eigenvalue weighted by Gasteiger charge is -2.16. The molecule has 0 unspecified atom stereocenters. The molecule has 4 rings (SSSR count). The second-order valence-corrected chi connectivity index (χ2v) is 7.33. The zero-order valence-electron chi connectivity index (χ0n) is 14.8. The van der Waals surface area contributed by atoms with Crippen LogP contribution in [0.1, 0.15) is 39.2 Å². The summed E-state index contributed by atoms with van der Waals surface area (Å²) >= 11 is 1.49. The molecule has 0 N–H and O–H groups in total. The molecule has 2 amide bonds. The maximum atomic E-state index is 12.4. The van der Waals surface area contributed by atoms with Crippen molar-refractivity contribution in [2.45, 2.75) is 18.1 Å². The second-order valence-electron chi connectivity index (χ2n) is 6.26. The molecule has 1 atom stereocenters. The average Bonchev–Trinajstić information content (AvgIpc) is 3.27. The van der Waals surface area contributed by atoms with Crippen LogP contribution in [0.3, 0.4) is 0 Å². The van der Waals surface area contributed by atoms with E-state index in [2.05, 4.69) is 29.3 Å². The van der Waals surface area contributed by atoms with E-state index in [4.69, 9.17) is 0 Å². The van der Waals surface area contributed by atoms with Gasteiger partial charge in [-0.05, 0) is 24.6 Å². The number of nitrogens with zero attached hydrogens (tertiary/aromatic N) is 4. The number of carbonyl (C=O) groups excluding carboxylic acids is 2. The first kappa shape index (κ1) is 17.5. The Morgan fingerprint density at radius 3 is 2.26 bits per heavy atom. The Morgan fingerprint density at radius 2 is 1.59 bits per heavy atom. The summed E-state index contributed by atoms with van der Waals surface area (Å²) in [4.78, 5) is 26.1. The summed E-state index contributed by atoms with van der Waals surface area (Å²) in [6, 6.07) is 17.2. The Hall–Kier alpha value is -2.93. The fourth-order valence-corrected chi connectivity index (χ4v) is 4.08. The summed E-state index contributed by atoms with van der Waals surface area (Å²) in [5.74, 6) is 0.108. The number of fused-ring (bicyclic) bond motifs is 1. The summed E-state index contributed by atoms with van der Waals surface area (Å²) in [5, 5.41) is 8.98. The fourth-order valence-electron chi connectivity index (χ4n) is 3.16. The number of hydrogen-bond donors (Lipinski definition) is 0. The van der Waals surface area contributed by atoms with Gasteiger partial charge < -0.3 is 4.57 Å². The van der Waals surface area contributed by atoms with E-state index in [1.807, 2.05) is 22.8 Å². The first-order valence-corrected chi connectivity index (χ1v) is 9.68. The third kappa shape index (κ3) is 3.26. The van der Waals surface area contributed by atoms with Crippen LogP contribution in [0.25, 0.3) is 0 Å². The number of imide groups is 1. The molecule has 0 fully saturated rings. The molecule has 6 nitrogen and oxygen atoms in total. The van der Waals surface area contributed by atoms with Crippen molar-refractivity contribution < 1.29 is 9.59 Å². The highest BCUT2D eigenvalue weighted by Crippen LogP contribution is 2.26. The van der Waals surface area contributed by atoms with Gasteiger partial charge in [0, 0.05) is 12.3 Å². The van der Waals surface area contributed by atoms with Gasteiger partial charge in [0.25, 0.3) is 11.8 Å². The van der Waals surface area contributed by atoms with Crippen LogP contribution < -0.4 is 0 Å². The highest BCUT2D eigenvalue weighted by molar-refractivity contribution is 7.99. The van der Waals surface area contributed by atoms with Crippen LogP contribution in [0.5, 0.6) is 0 Å². The van der Waals surface area contributed by atoms with Gasteiger partial charge in [-0.25, -0.2) is 0 Å². The van der Waals surface area contributed by atoms with Gasteiger partial charge in [0.1, 0.15) is 6.33 Å². The Labute approximate surface area is 161 Å².